The van der Waals surface area contributed by atoms with Crippen molar-refractivity contribution in [3.63, 3.8) is 0 Å². The maximum atomic E-state index is 10.8. The molecule has 1 atom stereocenters. The Balaban J connectivity index is 3.60. The van der Waals surface area contributed by atoms with Crippen LogP contribution >= 0.6 is 11.6 Å². The first-order chi connectivity index (χ1) is 5.52. The summed E-state index contributed by atoms with van der Waals surface area (Å²) in [6.07, 6.45) is 0.225. The van der Waals surface area contributed by atoms with Gasteiger partial charge < -0.3 is 15.5 Å². The summed E-state index contributed by atoms with van der Waals surface area (Å²) in [4.78, 5) is 10.8. The Hall–Kier alpha value is -0.320. The number of hydrogen-bond donors (Lipinski definition) is 3. The van der Waals surface area contributed by atoms with Crippen molar-refractivity contribution in [2.24, 2.45) is 0 Å². The summed E-state index contributed by atoms with van der Waals surface area (Å²) in [5.74, 6) is 0.0336. The van der Waals surface area contributed by atoms with E-state index in [-0.39, 0.29) is 31.4 Å². The molecule has 0 bridgehead atoms. The summed E-state index contributed by atoms with van der Waals surface area (Å²) in [5, 5.41) is 20.3. The summed E-state index contributed by atoms with van der Waals surface area (Å²) in [7, 11) is 0. The van der Waals surface area contributed by atoms with Crippen LogP contribution in [0.1, 0.15) is 13.3 Å². The van der Waals surface area contributed by atoms with Gasteiger partial charge in [0, 0.05) is 18.8 Å². The maximum absolute atomic E-state index is 10.8. The van der Waals surface area contributed by atoms with Crippen LogP contribution in [0.4, 0.5) is 0 Å². The fourth-order valence-corrected chi connectivity index (χ4v) is 0.691. The molecule has 0 aromatic rings. The van der Waals surface area contributed by atoms with Gasteiger partial charge in [0.05, 0.1) is 6.61 Å². The van der Waals surface area contributed by atoms with E-state index in [0.29, 0.717) is 0 Å². The number of alkyl halides is 1. The number of nitrogens with one attached hydrogen (secondary N) is 1. The zero-order valence-electron chi connectivity index (χ0n) is 7.01. The van der Waals surface area contributed by atoms with E-state index in [4.69, 9.17) is 16.7 Å². The van der Waals surface area contributed by atoms with Gasteiger partial charge in [0.2, 0.25) is 5.91 Å². The van der Waals surface area contributed by atoms with Gasteiger partial charge in [0.15, 0.2) is 0 Å². The minimum Gasteiger partial charge on any atom is -0.393 e. The van der Waals surface area contributed by atoms with Crippen molar-refractivity contribution < 1.29 is 15.0 Å². The first kappa shape index (κ1) is 11.7. The SMILES string of the molecule is CC(O)(CO)CNC(=O)CCCl. The third kappa shape index (κ3) is 5.35. The normalized spacial score (nSPS) is 15.3. The number of carbonyl (C=O) groups is 1. The highest BCUT2D eigenvalue weighted by Gasteiger charge is 2.19. The van der Waals surface area contributed by atoms with Gasteiger partial charge in [-0.3, -0.25) is 4.79 Å². The van der Waals surface area contributed by atoms with Gasteiger partial charge in [-0.15, -0.1) is 11.6 Å². The van der Waals surface area contributed by atoms with Crippen LogP contribution in [0, 0.1) is 0 Å². The van der Waals surface area contributed by atoms with Crippen molar-refractivity contribution in [3.8, 4) is 0 Å². The Morgan fingerprint density at radius 2 is 2.25 bits per heavy atom. The second-order valence-corrected chi connectivity index (χ2v) is 3.25. The molecular weight excluding hydrogens is 182 g/mol. The molecule has 0 radical (unpaired) electrons. The van der Waals surface area contributed by atoms with Crippen LogP contribution in [0.3, 0.4) is 0 Å². The van der Waals surface area contributed by atoms with Crippen molar-refractivity contribution in [2.75, 3.05) is 19.0 Å². The summed E-state index contributed by atoms with van der Waals surface area (Å²) in [6, 6.07) is 0. The summed E-state index contributed by atoms with van der Waals surface area (Å²) in [5.41, 5.74) is -1.25. The summed E-state index contributed by atoms with van der Waals surface area (Å²) in [6.45, 7) is 1.10. The Kier molecular flexibility index (Phi) is 5.20. The molecule has 0 aromatic carbocycles. The lowest BCUT2D eigenvalue weighted by atomic mass is 10.1. The number of aliphatic hydroxyl groups is 2. The molecule has 3 N–H and O–H groups in total. The van der Waals surface area contributed by atoms with Gasteiger partial charge in [0.1, 0.15) is 5.60 Å². The minimum atomic E-state index is -1.25. The average Bonchev–Trinajstić information content (AvgIpc) is 2.02. The molecule has 0 aliphatic heterocycles. The number of carbonyl (C=O) groups excluding carboxylic acids is 1. The molecule has 72 valence electrons. The highest BCUT2D eigenvalue weighted by molar-refractivity contribution is 6.18. The van der Waals surface area contributed by atoms with Crippen LogP contribution in [-0.2, 0) is 4.79 Å². The molecule has 0 saturated carbocycles. The molecule has 0 aromatic heterocycles. The lowest BCUT2D eigenvalue weighted by molar-refractivity contribution is -0.122. The first-order valence-electron chi connectivity index (χ1n) is 3.68. The standard InChI is InChI=1S/C7H14ClNO3/c1-7(12,5-10)4-9-6(11)2-3-8/h10,12H,2-5H2,1H3,(H,9,11). The second-order valence-electron chi connectivity index (χ2n) is 2.87. The van der Waals surface area contributed by atoms with Gasteiger partial charge in [-0.05, 0) is 6.92 Å². The minimum absolute atomic E-state index is 0.0409. The Labute approximate surface area is 76.5 Å². The zero-order chi connectivity index (χ0) is 9.61. The summed E-state index contributed by atoms with van der Waals surface area (Å²) >= 11 is 5.31. The van der Waals surface area contributed by atoms with Crippen molar-refractivity contribution in [1.29, 1.82) is 0 Å². The van der Waals surface area contributed by atoms with Crippen LogP contribution in [0.15, 0.2) is 0 Å². The van der Waals surface area contributed by atoms with E-state index in [0.717, 1.165) is 0 Å². The van der Waals surface area contributed by atoms with E-state index in [2.05, 4.69) is 5.32 Å². The smallest absolute Gasteiger partial charge is 0.221 e. The third-order valence-corrected chi connectivity index (χ3v) is 1.52. The van der Waals surface area contributed by atoms with Crippen LogP contribution in [0.5, 0.6) is 0 Å². The van der Waals surface area contributed by atoms with E-state index in [1.807, 2.05) is 0 Å². The van der Waals surface area contributed by atoms with E-state index in [1.54, 1.807) is 0 Å². The van der Waals surface area contributed by atoms with Crippen LogP contribution in [0.25, 0.3) is 0 Å². The maximum Gasteiger partial charge on any atom is 0.221 e. The lowest BCUT2D eigenvalue weighted by Gasteiger charge is -2.20. The largest absolute Gasteiger partial charge is 0.393 e. The van der Waals surface area contributed by atoms with Crippen LogP contribution < -0.4 is 5.32 Å². The molecule has 0 rings (SSSR count). The number of rotatable bonds is 5. The van der Waals surface area contributed by atoms with Gasteiger partial charge in [-0.2, -0.15) is 0 Å². The first-order valence-corrected chi connectivity index (χ1v) is 4.21. The summed E-state index contributed by atoms with van der Waals surface area (Å²) < 4.78 is 0. The average molecular weight is 196 g/mol. The Morgan fingerprint density at radius 3 is 2.67 bits per heavy atom. The molecule has 1 unspecified atom stereocenters. The van der Waals surface area contributed by atoms with Gasteiger partial charge in [0.25, 0.3) is 0 Å². The van der Waals surface area contributed by atoms with E-state index in [1.165, 1.54) is 6.92 Å². The van der Waals surface area contributed by atoms with E-state index < -0.39 is 5.60 Å². The Morgan fingerprint density at radius 1 is 1.67 bits per heavy atom. The van der Waals surface area contributed by atoms with E-state index in [9.17, 15) is 9.90 Å². The molecule has 0 spiro atoms. The molecule has 5 heteroatoms. The predicted molar refractivity (Wildman–Crippen MR) is 46.1 cm³/mol. The predicted octanol–water partition coefficient (Wildman–Crippen LogP) is -0.525. The van der Waals surface area contributed by atoms with Crippen molar-refractivity contribution in [2.45, 2.75) is 18.9 Å². The lowest BCUT2D eigenvalue weighted by Crippen LogP contribution is -2.43. The fraction of sp³-hybridized carbons (Fsp3) is 0.857. The van der Waals surface area contributed by atoms with Gasteiger partial charge in [-0.1, -0.05) is 0 Å². The van der Waals surface area contributed by atoms with Crippen molar-refractivity contribution >= 4 is 17.5 Å². The van der Waals surface area contributed by atoms with Crippen molar-refractivity contribution in [1.82, 2.24) is 5.32 Å². The molecule has 0 heterocycles. The molecule has 0 aliphatic rings. The van der Waals surface area contributed by atoms with Crippen LogP contribution in [-0.4, -0.2) is 40.8 Å². The molecule has 0 saturated heterocycles. The Bertz CT molecular complexity index is 150. The van der Waals surface area contributed by atoms with Crippen LogP contribution in [0.2, 0.25) is 0 Å². The molecule has 1 amide bonds. The molecular formula is C7H14ClNO3. The highest BCUT2D eigenvalue weighted by Crippen LogP contribution is 1.98. The third-order valence-electron chi connectivity index (χ3n) is 1.33. The molecule has 4 nitrogen and oxygen atoms in total. The zero-order valence-corrected chi connectivity index (χ0v) is 7.76. The second kappa shape index (κ2) is 5.35. The topological polar surface area (TPSA) is 69.6 Å². The van der Waals surface area contributed by atoms with Crippen molar-refractivity contribution in [3.05, 3.63) is 0 Å². The molecule has 0 aliphatic carbocycles. The fourth-order valence-electron chi connectivity index (χ4n) is 0.519. The highest BCUT2D eigenvalue weighted by atomic mass is 35.5. The number of amides is 1. The van der Waals surface area contributed by atoms with E-state index >= 15 is 0 Å². The molecule has 12 heavy (non-hydrogen) atoms. The van der Waals surface area contributed by atoms with Gasteiger partial charge >= 0.3 is 0 Å². The quantitative estimate of drug-likeness (QED) is 0.517. The number of hydrogen-bond acceptors (Lipinski definition) is 3. The number of aliphatic hydroxyl groups excluding tert-OH is 1. The van der Waals surface area contributed by atoms with Gasteiger partial charge in [-0.25, -0.2) is 0 Å². The monoisotopic (exact) mass is 195 g/mol. The number of halogens is 1. The molecule has 0 fully saturated rings.